The molecule has 0 spiro atoms. The number of nitrogens with zero attached hydrogens (tertiary/aromatic N) is 1. The minimum Gasteiger partial charge on any atom is -0.444 e. The summed E-state index contributed by atoms with van der Waals surface area (Å²) in [4.78, 5) is 19.6. The van der Waals surface area contributed by atoms with Crippen LogP contribution in [0.1, 0.15) is 29.3 Å². The summed E-state index contributed by atoms with van der Waals surface area (Å²) in [5.74, 6) is 0.702. The maximum absolute atomic E-state index is 12.0. The Labute approximate surface area is 123 Å². The van der Waals surface area contributed by atoms with E-state index in [4.69, 9.17) is 4.42 Å². The Bertz CT molecular complexity index is 729. The Balaban J connectivity index is 1.78. The molecule has 102 valence electrons. The zero-order chi connectivity index (χ0) is 14.1. The zero-order valence-corrected chi connectivity index (χ0v) is 12.3. The molecule has 1 amide bonds. The molecule has 6 heteroatoms. The molecule has 0 radical (unpaired) electrons. The second kappa shape index (κ2) is 5.13. The molecule has 0 bridgehead atoms. The van der Waals surface area contributed by atoms with Crippen molar-refractivity contribution in [2.24, 2.45) is 0 Å². The van der Waals surface area contributed by atoms with E-state index in [1.165, 1.54) is 0 Å². The number of fused-ring (bicyclic) bond motifs is 1. The highest BCUT2D eigenvalue weighted by Gasteiger charge is 2.16. The number of imidazole rings is 1. The van der Waals surface area contributed by atoms with Crippen molar-refractivity contribution in [2.75, 3.05) is 0 Å². The lowest BCUT2D eigenvalue weighted by Crippen LogP contribution is -2.26. The Morgan fingerprint density at radius 3 is 2.85 bits per heavy atom. The van der Waals surface area contributed by atoms with Gasteiger partial charge in [0.1, 0.15) is 5.82 Å². The number of H-pyrrole nitrogens is 1. The number of benzene rings is 1. The molecule has 0 aliphatic rings. The van der Waals surface area contributed by atoms with Crippen LogP contribution in [0.25, 0.3) is 11.0 Å². The van der Waals surface area contributed by atoms with Crippen LogP contribution < -0.4 is 5.32 Å². The molecule has 20 heavy (non-hydrogen) atoms. The number of furan rings is 1. The van der Waals surface area contributed by atoms with E-state index < -0.39 is 0 Å². The van der Waals surface area contributed by atoms with Gasteiger partial charge in [0.05, 0.1) is 17.1 Å². The molecule has 0 saturated heterocycles. The summed E-state index contributed by atoms with van der Waals surface area (Å²) in [6, 6.07) is 10.8. The SMILES string of the molecule is CC(NC(=O)c1ccc(Br)o1)c1nc2ccccc2[nH]1. The van der Waals surface area contributed by atoms with Gasteiger partial charge >= 0.3 is 0 Å². The van der Waals surface area contributed by atoms with Gasteiger partial charge in [-0.25, -0.2) is 4.98 Å². The van der Waals surface area contributed by atoms with Gasteiger partial charge in [0.15, 0.2) is 10.4 Å². The molecule has 5 nitrogen and oxygen atoms in total. The van der Waals surface area contributed by atoms with E-state index in [9.17, 15) is 4.79 Å². The molecule has 1 atom stereocenters. The number of nitrogens with one attached hydrogen (secondary N) is 2. The second-order valence-electron chi connectivity index (χ2n) is 4.44. The number of hydrogen-bond donors (Lipinski definition) is 2. The summed E-state index contributed by atoms with van der Waals surface area (Å²) in [5.41, 5.74) is 1.83. The number of para-hydroxylation sites is 2. The molecule has 2 heterocycles. The molecular formula is C14H12BrN3O2. The summed E-state index contributed by atoms with van der Waals surface area (Å²) in [5, 5.41) is 2.84. The van der Waals surface area contributed by atoms with Gasteiger partial charge in [-0.3, -0.25) is 4.79 Å². The van der Waals surface area contributed by atoms with Gasteiger partial charge in [0.25, 0.3) is 5.91 Å². The molecule has 0 aliphatic carbocycles. The smallest absolute Gasteiger partial charge is 0.287 e. The summed E-state index contributed by atoms with van der Waals surface area (Å²) >= 11 is 3.17. The van der Waals surface area contributed by atoms with Gasteiger partial charge < -0.3 is 14.7 Å². The van der Waals surface area contributed by atoms with E-state index in [1.54, 1.807) is 12.1 Å². The lowest BCUT2D eigenvalue weighted by Gasteiger charge is -2.09. The van der Waals surface area contributed by atoms with Crippen LogP contribution in [0.5, 0.6) is 0 Å². The summed E-state index contributed by atoms with van der Waals surface area (Å²) in [6.45, 7) is 1.87. The van der Waals surface area contributed by atoms with Crippen molar-refractivity contribution in [1.29, 1.82) is 0 Å². The highest BCUT2D eigenvalue weighted by molar-refractivity contribution is 9.10. The normalized spacial score (nSPS) is 12.5. The summed E-state index contributed by atoms with van der Waals surface area (Å²) < 4.78 is 5.74. The first kappa shape index (κ1) is 12.9. The van der Waals surface area contributed by atoms with Crippen LogP contribution in [0.3, 0.4) is 0 Å². The van der Waals surface area contributed by atoms with Crippen LogP contribution in [0, 0.1) is 0 Å². The van der Waals surface area contributed by atoms with E-state index >= 15 is 0 Å². The van der Waals surface area contributed by atoms with Crippen LogP contribution in [0.2, 0.25) is 0 Å². The molecule has 1 unspecified atom stereocenters. The maximum atomic E-state index is 12.0. The Hall–Kier alpha value is -2.08. The predicted octanol–water partition coefficient (Wildman–Crippen LogP) is 3.41. The number of aromatic nitrogens is 2. The van der Waals surface area contributed by atoms with Crippen molar-refractivity contribution in [3.63, 3.8) is 0 Å². The average Bonchev–Trinajstić information content (AvgIpc) is 3.04. The van der Waals surface area contributed by atoms with Gasteiger partial charge in [0.2, 0.25) is 0 Å². The fourth-order valence-electron chi connectivity index (χ4n) is 1.95. The number of hydrogen-bond acceptors (Lipinski definition) is 3. The molecule has 2 N–H and O–H groups in total. The Kier molecular flexibility index (Phi) is 3.31. The number of carbonyl (C=O) groups is 1. The van der Waals surface area contributed by atoms with Gasteiger partial charge in [0, 0.05) is 0 Å². The lowest BCUT2D eigenvalue weighted by molar-refractivity contribution is 0.0909. The molecule has 0 fully saturated rings. The van der Waals surface area contributed by atoms with Gasteiger partial charge in [-0.05, 0) is 47.1 Å². The van der Waals surface area contributed by atoms with Crippen molar-refractivity contribution >= 4 is 32.9 Å². The standard InChI is InChI=1S/C14H12BrN3O2/c1-8(16-14(19)11-6-7-12(15)20-11)13-17-9-4-2-3-5-10(9)18-13/h2-8H,1H3,(H,16,19)(H,17,18). The van der Waals surface area contributed by atoms with Gasteiger partial charge in [-0.15, -0.1) is 0 Å². The number of rotatable bonds is 3. The number of halogens is 1. The number of aromatic amines is 1. The van der Waals surface area contributed by atoms with E-state index in [-0.39, 0.29) is 17.7 Å². The van der Waals surface area contributed by atoms with E-state index in [1.807, 2.05) is 31.2 Å². The van der Waals surface area contributed by atoms with E-state index in [0.29, 0.717) is 10.5 Å². The topological polar surface area (TPSA) is 70.9 Å². The first-order chi connectivity index (χ1) is 9.63. The predicted molar refractivity (Wildman–Crippen MR) is 78.4 cm³/mol. The Morgan fingerprint density at radius 1 is 1.35 bits per heavy atom. The lowest BCUT2D eigenvalue weighted by atomic mass is 10.3. The Morgan fingerprint density at radius 2 is 2.15 bits per heavy atom. The third-order valence-corrected chi connectivity index (χ3v) is 3.39. The van der Waals surface area contributed by atoms with Crippen LogP contribution in [0.4, 0.5) is 0 Å². The zero-order valence-electron chi connectivity index (χ0n) is 10.7. The van der Waals surface area contributed by atoms with E-state index in [0.717, 1.165) is 11.0 Å². The molecule has 0 aliphatic heterocycles. The van der Waals surface area contributed by atoms with Crippen LogP contribution in [-0.4, -0.2) is 15.9 Å². The molecular weight excluding hydrogens is 322 g/mol. The molecule has 2 aromatic heterocycles. The monoisotopic (exact) mass is 333 g/mol. The first-order valence-electron chi connectivity index (χ1n) is 6.14. The van der Waals surface area contributed by atoms with Crippen LogP contribution >= 0.6 is 15.9 Å². The van der Waals surface area contributed by atoms with Crippen molar-refractivity contribution < 1.29 is 9.21 Å². The highest BCUT2D eigenvalue weighted by Crippen LogP contribution is 2.17. The van der Waals surface area contributed by atoms with E-state index in [2.05, 4.69) is 31.2 Å². The minimum atomic E-state index is -0.274. The third-order valence-electron chi connectivity index (χ3n) is 2.96. The van der Waals surface area contributed by atoms with Gasteiger partial charge in [-0.1, -0.05) is 12.1 Å². The molecule has 3 aromatic rings. The average molecular weight is 334 g/mol. The van der Waals surface area contributed by atoms with Crippen LogP contribution in [0.15, 0.2) is 45.5 Å². The van der Waals surface area contributed by atoms with Crippen molar-refractivity contribution in [3.05, 3.63) is 52.7 Å². The molecule has 0 saturated carbocycles. The minimum absolute atomic E-state index is 0.237. The molecule has 3 rings (SSSR count). The maximum Gasteiger partial charge on any atom is 0.287 e. The summed E-state index contributed by atoms with van der Waals surface area (Å²) in [7, 11) is 0. The number of amides is 1. The first-order valence-corrected chi connectivity index (χ1v) is 6.93. The fourth-order valence-corrected chi connectivity index (χ4v) is 2.26. The van der Waals surface area contributed by atoms with Gasteiger partial charge in [-0.2, -0.15) is 0 Å². The van der Waals surface area contributed by atoms with Crippen LogP contribution in [-0.2, 0) is 0 Å². The second-order valence-corrected chi connectivity index (χ2v) is 5.22. The highest BCUT2D eigenvalue weighted by atomic mass is 79.9. The largest absolute Gasteiger partial charge is 0.444 e. The quantitative estimate of drug-likeness (QED) is 0.771. The van der Waals surface area contributed by atoms with Crippen molar-refractivity contribution in [2.45, 2.75) is 13.0 Å². The fraction of sp³-hybridized carbons (Fsp3) is 0.143. The third kappa shape index (κ3) is 2.46. The van der Waals surface area contributed by atoms with Crippen molar-refractivity contribution in [3.8, 4) is 0 Å². The molecule has 1 aromatic carbocycles. The van der Waals surface area contributed by atoms with Crippen molar-refractivity contribution in [1.82, 2.24) is 15.3 Å². The summed E-state index contributed by atoms with van der Waals surface area (Å²) in [6.07, 6.45) is 0. The number of carbonyl (C=O) groups excluding carboxylic acids is 1.